The fourth-order valence-corrected chi connectivity index (χ4v) is 6.94. The van der Waals surface area contributed by atoms with Crippen LogP contribution in [0, 0.1) is 12.8 Å². The van der Waals surface area contributed by atoms with Gasteiger partial charge in [0.2, 0.25) is 5.92 Å². The Morgan fingerprint density at radius 2 is 1.71 bits per heavy atom. The van der Waals surface area contributed by atoms with Crippen LogP contribution in [0.3, 0.4) is 0 Å². The second kappa shape index (κ2) is 9.42. The number of aliphatic hydroxyl groups excluding tert-OH is 3. The number of aryl methyl sites for hydroxylation is 1. The molecule has 1 saturated heterocycles. The van der Waals surface area contributed by atoms with Gasteiger partial charge in [0, 0.05) is 12.8 Å². The summed E-state index contributed by atoms with van der Waals surface area (Å²) in [4.78, 5) is 0. The summed E-state index contributed by atoms with van der Waals surface area (Å²) in [5.41, 5.74) is 4.58. The molecule has 35 heavy (non-hydrogen) atoms. The van der Waals surface area contributed by atoms with Gasteiger partial charge in [-0.05, 0) is 78.0 Å². The van der Waals surface area contributed by atoms with Crippen LogP contribution < -0.4 is 0 Å². The van der Waals surface area contributed by atoms with Crippen molar-refractivity contribution in [3.63, 3.8) is 0 Å². The highest BCUT2D eigenvalue weighted by atomic mass is 32.2. The van der Waals surface area contributed by atoms with E-state index >= 15 is 0 Å². The molecule has 2 saturated carbocycles. The van der Waals surface area contributed by atoms with Gasteiger partial charge in [-0.25, -0.2) is 8.78 Å². The number of halogens is 2. The van der Waals surface area contributed by atoms with Gasteiger partial charge in [-0.1, -0.05) is 42.5 Å². The number of aliphatic hydroxyl groups is 3. The summed E-state index contributed by atoms with van der Waals surface area (Å²) in [6, 6.07) is 14.3. The quantitative estimate of drug-likeness (QED) is 0.541. The van der Waals surface area contributed by atoms with Crippen LogP contribution in [0.1, 0.15) is 66.0 Å². The topological polar surface area (TPSA) is 69.9 Å². The highest BCUT2D eigenvalue weighted by Gasteiger charge is 2.55. The second-order valence-corrected chi connectivity index (χ2v) is 11.6. The van der Waals surface area contributed by atoms with Crippen LogP contribution in [-0.4, -0.2) is 51.2 Å². The number of alkyl halides is 2. The zero-order valence-corrected chi connectivity index (χ0v) is 21.0. The molecule has 2 aromatic rings. The second-order valence-electron chi connectivity index (χ2n) is 10.6. The summed E-state index contributed by atoms with van der Waals surface area (Å²) in [5, 5.41) is 31.0. The van der Waals surface area contributed by atoms with Gasteiger partial charge in [-0.2, -0.15) is 0 Å². The van der Waals surface area contributed by atoms with E-state index in [-0.39, 0.29) is 24.2 Å². The van der Waals surface area contributed by atoms with Crippen molar-refractivity contribution in [1.29, 1.82) is 0 Å². The molecule has 2 aromatic carbocycles. The van der Waals surface area contributed by atoms with Crippen molar-refractivity contribution >= 4 is 11.8 Å². The summed E-state index contributed by atoms with van der Waals surface area (Å²) in [6.45, 7) is 2.04. The Morgan fingerprint density at radius 3 is 2.34 bits per heavy atom. The molecule has 2 aliphatic carbocycles. The van der Waals surface area contributed by atoms with Gasteiger partial charge in [0.1, 0.15) is 29.9 Å². The molecule has 0 amide bonds. The molecule has 7 atom stereocenters. The van der Waals surface area contributed by atoms with Gasteiger partial charge in [0.05, 0.1) is 0 Å². The van der Waals surface area contributed by atoms with E-state index in [0.717, 1.165) is 35.1 Å². The van der Waals surface area contributed by atoms with Crippen LogP contribution in [-0.2, 0) is 16.6 Å². The lowest BCUT2D eigenvalue weighted by atomic mass is 9.50. The minimum absolute atomic E-state index is 0.0128. The first kappa shape index (κ1) is 25.2. The van der Waals surface area contributed by atoms with Crippen molar-refractivity contribution in [2.45, 2.75) is 86.6 Å². The lowest BCUT2D eigenvalue weighted by Crippen LogP contribution is -2.52. The predicted molar refractivity (Wildman–Crippen MR) is 133 cm³/mol. The lowest BCUT2D eigenvalue weighted by molar-refractivity contribution is -0.200. The van der Waals surface area contributed by atoms with Gasteiger partial charge in [0.25, 0.3) is 0 Å². The summed E-state index contributed by atoms with van der Waals surface area (Å²) >= 11 is 1.30. The van der Waals surface area contributed by atoms with E-state index in [1.165, 1.54) is 17.3 Å². The molecule has 190 valence electrons. The first-order chi connectivity index (χ1) is 16.6. The smallest absolute Gasteiger partial charge is 0.248 e. The molecule has 1 unspecified atom stereocenters. The van der Waals surface area contributed by atoms with Crippen LogP contribution in [0.25, 0.3) is 0 Å². The van der Waals surface area contributed by atoms with Crippen LogP contribution >= 0.6 is 11.8 Å². The van der Waals surface area contributed by atoms with E-state index in [4.69, 9.17) is 4.74 Å². The molecule has 5 rings (SSSR count). The van der Waals surface area contributed by atoms with E-state index in [9.17, 15) is 24.1 Å². The molecule has 1 aliphatic heterocycles. The van der Waals surface area contributed by atoms with Crippen LogP contribution in [0.5, 0.6) is 0 Å². The molecule has 3 fully saturated rings. The van der Waals surface area contributed by atoms with Gasteiger partial charge in [-0.3, -0.25) is 0 Å². The van der Waals surface area contributed by atoms with E-state index in [1.54, 1.807) is 6.26 Å². The van der Waals surface area contributed by atoms with E-state index in [0.29, 0.717) is 12.8 Å². The van der Waals surface area contributed by atoms with Gasteiger partial charge in [0.15, 0.2) is 0 Å². The number of ether oxygens (including phenoxy) is 1. The average molecular weight is 505 g/mol. The van der Waals surface area contributed by atoms with Gasteiger partial charge < -0.3 is 20.1 Å². The molecule has 7 heteroatoms. The molecule has 0 bridgehead atoms. The van der Waals surface area contributed by atoms with Crippen LogP contribution in [0.4, 0.5) is 8.78 Å². The van der Waals surface area contributed by atoms with Crippen molar-refractivity contribution in [3.8, 4) is 0 Å². The molecule has 4 nitrogen and oxygen atoms in total. The van der Waals surface area contributed by atoms with Gasteiger partial charge >= 0.3 is 0 Å². The third-order valence-corrected chi connectivity index (χ3v) is 9.48. The molecule has 0 radical (unpaired) electrons. The van der Waals surface area contributed by atoms with Crippen molar-refractivity contribution in [2.75, 3.05) is 6.26 Å². The summed E-state index contributed by atoms with van der Waals surface area (Å²) in [7, 11) is 0. The average Bonchev–Trinajstić information content (AvgIpc) is 2.83. The Bertz CT molecular complexity index is 1060. The highest BCUT2D eigenvalue weighted by molar-refractivity contribution is 7.99. The molecule has 3 N–H and O–H groups in total. The number of benzene rings is 2. The summed E-state index contributed by atoms with van der Waals surface area (Å²) in [6.07, 6.45) is 0.547. The van der Waals surface area contributed by atoms with Crippen molar-refractivity contribution in [3.05, 3.63) is 70.3 Å². The Morgan fingerprint density at radius 1 is 0.971 bits per heavy atom. The molecule has 0 aromatic heterocycles. The standard InChI is InChI=1S/C28H34F2O4S/c1-16-3-6-18(25-23(32)22(31)24(33)26(34-25)35-2)14-19(16)13-17-4-7-20(8-5-17)27-10-9-21(27)15-28(29,30)12-11-27/h3-8,14,21-26,31-33H,9-13,15H2,1-2H3/t21-,22-,23-,24+,25?,26-,27+/m1/s1. The molecule has 1 heterocycles. The molecular weight excluding hydrogens is 470 g/mol. The minimum Gasteiger partial charge on any atom is -0.387 e. The maximum atomic E-state index is 13.9. The number of thioether (sulfide) groups is 1. The first-order valence-electron chi connectivity index (χ1n) is 12.4. The highest BCUT2D eigenvalue weighted by Crippen LogP contribution is 2.59. The number of rotatable bonds is 5. The van der Waals surface area contributed by atoms with E-state index in [2.05, 4.69) is 24.3 Å². The summed E-state index contributed by atoms with van der Waals surface area (Å²) in [5.74, 6) is -2.44. The van der Waals surface area contributed by atoms with Crippen LogP contribution in [0.2, 0.25) is 0 Å². The SMILES string of the molecule is CS[C@H]1OC(c2ccc(C)c(Cc3ccc([C@@]45CC[C@@H]4CC(F)(F)CC5)cc3)c2)[C@H](O)[C@@H](O)[C@@H]1O. The van der Waals surface area contributed by atoms with Crippen molar-refractivity contribution in [2.24, 2.45) is 5.92 Å². The number of hydrogen-bond acceptors (Lipinski definition) is 5. The Hall–Kier alpha value is -1.51. The fourth-order valence-electron chi connectivity index (χ4n) is 6.27. The van der Waals surface area contributed by atoms with Crippen molar-refractivity contribution in [1.82, 2.24) is 0 Å². The van der Waals surface area contributed by atoms with Gasteiger partial charge in [-0.15, -0.1) is 11.8 Å². The molecule has 3 aliphatic rings. The minimum atomic E-state index is -2.52. The predicted octanol–water partition coefficient (Wildman–Crippen LogP) is 4.90. The third kappa shape index (κ3) is 4.55. The van der Waals surface area contributed by atoms with Crippen molar-refractivity contribution < 1.29 is 28.8 Å². The normalized spacial score (nSPS) is 36.3. The largest absolute Gasteiger partial charge is 0.387 e. The Labute approximate surface area is 209 Å². The molecule has 0 spiro atoms. The molecular formula is C28H34F2O4S. The summed E-state index contributed by atoms with van der Waals surface area (Å²) < 4.78 is 33.8. The maximum absolute atomic E-state index is 13.9. The fraction of sp³-hybridized carbons (Fsp3) is 0.571. The zero-order chi connectivity index (χ0) is 25.0. The van der Waals surface area contributed by atoms with E-state index < -0.39 is 35.8 Å². The zero-order valence-electron chi connectivity index (χ0n) is 20.2. The first-order valence-corrected chi connectivity index (χ1v) is 13.7. The third-order valence-electron chi connectivity index (χ3n) is 8.63. The van der Waals surface area contributed by atoms with Crippen LogP contribution in [0.15, 0.2) is 42.5 Å². The Kier molecular flexibility index (Phi) is 6.77. The van der Waals surface area contributed by atoms with E-state index in [1.807, 2.05) is 25.1 Å². The lowest BCUT2D eigenvalue weighted by Gasteiger charge is -2.55. The number of fused-ring (bicyclic) bond motifs is 1. The monoisotopic (exact) mass is 504 g/mol. The number of hydrogen-bond donors (Lipinski definition) is 3. The Balaban J connectivity index is 1.34. The maximum Gasteiger partial charge on any atom is 0.248 e.